The lowest BCUT2D eigenvalue weighted by Gasteiger charge is -2.13. The number of methoxy groups -OCH3 is 2. The zero-order valence-electron chi connectivity index (χ0n) is 10.9. The van der Waals surface area contributed by atoms with Gasteiger partial charge in [0.15, 0.2) is 0 Å². The van der Waals surface area contributed by atoms with Gasteiger partial charge in [-0.15, -0.1) is 0 Å². The van der Waals surface area contributed by atoms with Crippen LogP contribution in [0.15, 0.2) is 12.1 Å². The fourth-order valence-corrected chi connectivity index (χ4v) is 1.44. The molecule has 0 spiro atoms. The molecule has 0 unspecified atom stereocenters. The molecule has 0 fully saturated rings. The van der Waals surface area contributed by atoms with E-state index in [-0.39, 0.29) is 29.4 Å². The van der Waals surface area contributed by atoms with Crippen molar-refractivity contribution < 1.29 is 28.9 Å². The highest BCUT2D eigenvalue weighted by molar-refractivity contribution is 5.95. The third-order valence-electron chi connectivity index (χ3n) is 2.26. The first kappa shape index (κ1) is 14.6. The lowest BCUT2D eigenvalue weighted by atomic mass is 10.1. The molecule has 0 saturated heterocycles. The van der Waals surface area contributed by atoms with Crippen LogP contribution in [0.3, 0.4) is 0 Å². The van der Waals surface area contributed by atoms with Gasteiger partial charge < -0.3 is 19.3 Å². The molecule has 0 aliphatic carbocycles. The number of benzene rings is 1. The predicted molar refractivity (Wildman–Crippen MR) is 67.2 cm³/mol. The Morgan fingerprint density at radius 3 is 2.32 bits per heavy atom. The van der Waals surface area contributed by atoms with Crippen LogP contribution in [0.1, 0.15) is 17.3 Å². The molecule has 0 atom stereocenters. The Morgan fingerprint density at radius 2 is 1.84 bits per heavy atom. The Balaban J connectivity index is 3.18. The minimum Gasteiger partial charge on any atom is -0.496 e. The number of carbonyl (C=O) groups is 2. The molecule has 0 aliphatic heterocycles. The number of ether oxygens (including phenoxy) is 3. The van der Waals surface area contributed by atoms with Crippen LogP contribution in [0.5, 0.6) is 11.5 Å². The molecule has 7 nitrogen and oxygen atoms in total. The molecule has 1 rings (SSSR count). The van der Waals surface area contributed by atoms with Gasteiger partial charge in [-0.2, -0.15) is 0 Å². The number of carboxylic acids is 1. The largest absolute Gasteiger partial charge is 0.496 e. The van der Waals surface area contributed by atoms with Crippen molar-refractivity contribution in [2.45, 2.75) is 6.92 Å². The lowest BCUT2D eigenvalue weighted by Crippen LogP contribution is -2.15. The van der Waals surface area contributed by atoms with Gasteiger partial charge in [-0.25, -0.2) is 9.59 Å². The highest BCUT2D eigenvalue weighted by Gasteiger charge is 2.17. The van der Waals surface area contributed by atoms with Gasteiger partial charge in [-0.05, 0) is 13.0 Å². The van der Waals surface area contributed by atoms with Crippen LogP contribution in [0.4, 0.5) is 10.5 Å². The van der Waals surface area contributed by atoms with Crippen LogP contribution in [0.25, 0.3) is 0 Å². The quantitative estimate of drug-likeness (QED) is 0.848. The SMILES string of the molecule is CCOC(=O)Nc1cc(C(=O)O)c(OC)cc1OC. The molecule has 1 aromatic carbocycles. The molecule has 7 heteroatoms. The molecule has 2 N–H and O–H groups in total. The summed E-state index contributed by atoms with van der Waals surface area (Å²) < 4.78 is 14.7. The first-order valence-corrected chi connectivity index (χ1v) is 5.46. The van der Waals surface area contributed by atoms with Crippen molar-refractivity contribution in [3.05, 3.63) is 17.7 Å². The summed E-state index contributed by atoms with van der Waals surface area (Å²) in [7, 11) is 2.74. The molecule has 0 radical (unpaired) electrons. The molecule has 104 valence electrons. The highest BCUT2D eigenvalue weighted by Crippen LogP contribution is 2.33. The summed E-state index contributed by atoms with van der Waals surface area (Å²) in [6.07, 6.45) is -0.692. The van der Waals surface area contributed by atoms with Crippen LogP contribution in [-0.4, -0.2) is 38.0 Å². The second-order valence-corrected chi connectivity index (χ2v) is 3.40. The van der Waals surface area contributed by atoms with Gasteiger partial charge in [0.05, 0.1) is 26.5 Å². The van der Waals surface area contributed by atoms with Crippen LogP contribution in [0.2, 0.25) is 0 Å². The molecule has 19 heavy (non-hydrogen) atoms. The number of hydrogen-bond donors (Lipinski definition) is 2. The molecule has 0 aromatic heterocycles. The van der Waals surface area contributed by atoms with Crippen molar-refractivity contribution in [1.29, 1.82) is 0 Å². The predicted octanol–water partition coefficient (Wildman–Crippen LogP) is 1.97. The maximum absolute atomic E-state index is 11.3. The van der Waals surface area contributed by atoms with Crippen LogP contribution in [0, 0.1) is 0 Å². The average Bonchev–Trinajstić information content (AvgIpc) is 2.38. The smallest absolute Gasteiger partial charge is 0.411 e. The number of rotatable bonds is 5. The van der Waals surface area contributed by atoms with E-state index in [2.05, 4.69) is 5.32 Å². The van der Waals surface area contributed by atoms with Gasteiger partial charge >= 0.3 is 12.1 Å². The van der Waals surface area contributed by atoms with E-state index in [1.54, 1.807) is 6.92 Å². The van der Waals surface area contributed by atoms with Gasteiger partial charge in [0, 0.05) is 6.07 Å². The Bertz CT molecular complexity index is 485. The van der Waals surface area contributed by atoms with Crippen molar-refractivity contribution >= 4 is 17.7 Å². The van der Waals surface area contributed by atoms with Crippen molar-refractivity contribution in [2.24, 2.45) is 0 Å². The minimum atomic E-state index is -1.17. The van der Waals surface area contributed by atoms with E-state index in [9.17, 15) is 9.59 Å². The number of carbonyl (C=O) groups excluding carboxylic acids is 1. The molecule has 0 bridgehead atoms. The van der Waals surface area contributed by atoms with E-state index < -0.39 is 12.1 Å². The molecular weight excluding hydrogens is 254 g/mol. The minimum absolute atomic E-state index is 0.0879. The van der Waals surface area contributed by atoms with Crippen molar-refractivity contribution in [1.82, 2.24) is 0 Å². The third kappa shape index (κ3) is 3.51. The van der Waals surface area contributed by atoms with Crippen LogP contribution in [-0.2, 0) is 4.74 Å². The normalized spacial score (nSPS) is 9.63. The van der Waals surface area contributed by atoms with Gasteiger partial charge in [0.2, 0.25) is 0 Å². The van der Waals surface area contributed by atoms with E-state index in [4.69, 9.17) is 19.3 Å². The summed E-state index contributed by atoms with van der Waals surface area (Å²) in [4.78, 5) is 22.4. The first-order valence-electron chi connectivity index (χ1n) is 5.46. The number of aromatic carboxylic acids is 1. The molecule has 0 heterocycles. The summed E-state index contributed by atoms with van der Waals surface area (Å²) in [6, 6.07) is 2.63. The first-order chi connectivity index (χ1) is 9.03. The van der Waals surface area contributed by atoms with Crippen LogP contribution >= 0.6 is 0 Å². The topological polar surface area (TPSA) is 94.1 Å². The second-order valence-electron chi connectivity index (χ2n) is 3.40. The van der Waals surface area contributed by atoms with E-state index in [1.165, 1.54) is 26.4 Å². The van der Waals surface area contributed by atoms with Gasteiger partial charge in [0.1, 0.15) is 17.1 Å². The summed E-state index contributed by atoms with van der Waals surface area (Å²) >= 11 is 0. The average molecular weight is 269 g/mol. The van der Waals surface area contributed by atoms with Crippen molar-refractivity contribution in [3.63, 3.8) is 0 Å². The second kappa shape index (κ2) is 6.48. The van der Waals surface area contributed by atoms with Crippen molar-refractivity contribution in [3.8, 4) is 11.5 Å². The number of amides is 1. The Kier molecular flexibility index (Phi) is 4.99. The maximum atomic E-state index is 11.3. The third-order valence-corrected chi connectivity index (χ3v) is 2.26. The van der Waals surface area contributed by atoms with E-state index in [0.717, 1.165) is 0 Å². The molecule has 1 amide bonds. The number of hydrogen-bond acceptors (Lipinski definition) is 5. The molecule has 0 aliphatic rings. The maximum Gasteiger partial charge on any atom is 0.411 e. The van der Waals surface area contributed by atoms with Crippen LogP contribution < -0.4 is 14.8 Å². The fourth-order valence-electron chi connectivity index (χ4n) is 1.44. The van der Waals surface area contributed by atoms with E-state index in [0.29, 0.717) is 0 Å². The fraction of sp³-hybridized carbons (Fsp3) is 0.333. The summed E-state index contributed by atoms with van der Waals surface area (Å²) in [6.45, 7) is 1.86. The standard InChI is InChI=1S/C12H15NO6/c1-4-19-12(16)13-8-5-7(11(14)15)9(17-2)6-10(8)18-3/h5-6H,4H2,1-3H3,(H,13,16)(H,14,15). The lowest BCUT2D eigenvalue weighted by molar-refractivity contribution is 0.0693. The Hall–Kier alpha value is -2.44. The zero-order chi connectivity index (χ0) is 14.4. The summed E-state index contributed by atoms with van der Waals surface area (Å²) in [5.41, 5.74) is 0.106. The Labute approximate surface area is 110 Å². The molecule has 1 aromatic rings. The monoisotopic (exact) mass is 269 g/mol. The molecular formula is C12H15NO6. The van der Waals surface area contributed by atoms with Crippen molar-refractivity contribution in [2.75, 3.05) is 26.1 Å². The summed E-state index contributed by atoms with van der Waals surface area (Å²) in [5.74, 6) is -0.764. The number of nitrogens with one attached hydrogen (secondary N) is 1. The number of carboxylic acid groups (broad SMARTS) is 1. The van der Waals surface area contributed by atoms with Gasteiger partial charge in [-0.1, -0.05) is 0 Å². The highest BCUT2D eigenvalue weighted by atomic mass is 16.5. The van der Waals surface area contributed by atoms with E-state index in [1.807, 2.05) is 0 Å². The zero-order valence-corrected chi connectivity index (χ0v) is 10.9. The Morgan fingerprint density at radius 1 is 1.21 bits per heavy atom. The van der Waals surface area contributed by atoms with E-state index >= 15 is 0 Å². The number of anilines is 1. The summed E-state index contributed by atoms with van der Waals surface area (Å²) in [5, 5.41) is 11.5. The molecule has 0 saturated carbocycles. The van der Waals surface area contributed by atoms with Gasteiger partial charge in [-0.3, -0.25) is 5.32 Å². The van der Waals surface area contributed by atoms with Gasteiger partial charge in [0.25, 0.3) is 0 Å².